The maximum absolute atomic E-state index is 13.6. The van der Waals surface area contributed by atoms with E-state index in [1.165, 1.54) is 36.4 Å². The van der Waals surface area contributed by atoms with Gasteiger partial charge in [0.15, 0.2) is 0 Å². The molecular weight excluding hydrogens is 946 g/mol. The highest BCUT2D eigenvalue weighted by molar-refractivity contribution is 6.36. The number of anilines is 2. The lowest BCUT2D eigenvalue weighted by Gasteiger charge is -2.60. The third-order valence-electron chi connectivity index (χ3n) is 16.7. The number of aromatic amines is 2. The number of nitrogens with one attached hydrogen (secondary N) is 3. The largest absolute Gasteiger partial charge is 0.481 e. The average Bonchev–Trinajstić information content (AvgIpc) is 3.98. The summed E-state index contributed by atoms with van der Waals surface area (Å²) in [4.78, 5) is 62.9. The minimum Gasteiger partial charge on any atom is -0.481 e. The molecule has 8 aliphatic rings. The first-order chi connectivity index (χ1) is 34.0. The number of carbonyl (C=O) groups excluding carboxylic acids is 3. The molecule has 0 radical (unpaired) electrons. The van der Waals surface area contributed by atoms with E-state index in [-0.39, 0.29) is 65.4 Å². The van der Waals surface area contributed by atoms with Gasteiger partial charge in [-0.25, -0.2) is 8.78 Å². The molecule has 71 heavy (non-hydrogen) atoms. The lowest BCUT2D eigenvalue weighted by molar-refractivity contribution is -0.178. The molecule has 372 valence electrons. The zero-order valence-electron chi connectivity index (χ0n) is 39.9. The summed E-state index contributed by atoms with van der Waals surface area (Å²) < 4.78 is 25.3. The molecule has 8 bridgehead atoms. The van der Waals surface area contributed by atoms with Gasteiger partial charge >= 0.3 is 5.97 Å². The van der Waals surface area contributed by atoms with Crippen LogP contribution in [0.2, 0.25) is 10.0 Å². The Bertz CT molecular complexity index is 2940. The number of piperidine rings is 4. The Morgan fingerprint density at radius 1 is 0.648 bits per heavy atom. The number of amides is 3. The fourth-order valence-corrected chi connectivity index (χ4v) is 14.5. The van der Waals surface area contributed by atoms with Crippen LogP contribution in [0.1, 0.15) is 114 Å². The Morgan fingerprint density at radius 2 is 1.06 bits per heavy atom. The van der Waals surface area contributed by atoms with Gasteiger partial charge in [0.25, 0.3) is 0 Å². The number of nitrogens with two attached hydrogens (primary N) is 1. The van der Waals surface area contributed by atoms with Gasteiger partial charge < -0.3 is 35.9 Å². The Morgan fingerprint density at radius 3 is 1.48 bits per heavy atom. The number of hydrogen-bond acceptors (Lipinski definition) is 5. The summed E-state index contributed by atoms with van der Waals surface area (Å²) in [6.45, 7) is 4.15. The number of hydrogen-bond donors (Lipinski definition) is 5. The van der Waals surface area contributed by atoms with Crippen molar-refractivity contribution in [2.24, 2.45) is 22.7 Å². The monoisotopic (exact) mass is 1000 g/mol. The van der Waals surface area contributed by atoms with Crippen LogP contribution in [0.3, 0.4) is 0 Å². The van der Waals surface area contributed by atoms with Crippen molar-refractivity contribution in [1.82, 2.24) is 19.8 Å². The van der Waals surface area contributed by atoms with E-state index in [0.29, 0.717) is 71.8 Å². The Hall–Kier alpha value is -5.92. The molecule has 4 aromatic carbocycles. The number of carboxylic acid groups (broad SMARTS) is 1. The summed E-state index contributed by atoms with van der Waals surface area (Å²) >= 11 is 12.9. The van der Waals surface area contributed by atoms with Crippen molar-refractivity contribution in [2.75, 3.05) is 11.1 Å². The van der Waals surface area contributed by atoms with Crippen LogP contribution < -0.4 is 11.1 Å². The average molecular weight is 1010 g/mol. The second kappa shape index (κ2) is 19.3. The second-order valence-electron chi connectivity index (χ2n) is 21.5. The molecule has 14 rings (SSSR count). The van der Waals surface area contributed by atoms with Gasteiger partial charge in [-0.2, -0.15) is 0 Å². The van der Waals surface area contributed by atoms with Gasteiger partial charge in [-0.15, -0.1) is 0 Å². The van der Waals surface area contributed by atoms with Crippen LogP contribution in [0.25, 0.3) is 21.8 Å². The molecule has 6 heterocycles. The summed E-state index contributed by atoms with van der Waals surface area (Å²) in [6, 6.07) is 23.6. The quantitative estimate of drug-likeness (QED) is 0.0905. The Kier molecular flexibility index (Phi) is 13.2. The molecule has 4 saturated heterocycles. The summed E-state index contributed by atoms with van der Waals surface area (Å²) in [7, 11) is 0. The van der Waals surface area contributed by atoms with Gasteiger partial charge in [-0.3, -0.25) is 19.2 Å². The van der Waals surface area contributed by atoms with Gasteiger partial charge in [0.05, 0.1) is 20.9 Å². The molecule has 6 unspecified atom stereocenters. The third kappa shape index (κ3) is 9.40. The van der Waals surface area contributed by atoms with Crippen molar-refractivity contribution in [3.8, 4) is 0 Å². The van der Waals surface area contributed by atoms with E-state index in [0.717, 1.165) is 71.5 Å². The maximum Gasteiger partial charge on any atom is 0.309 e. The maximum atomic E-state index is 13.6. The Balaban J connectivity index is 0.000000144. The minimum atomic E-state index is -0.666. The highest BCUT2D eigenvalue weighted by Crippen LogP contribution is 2.58. The number of carbonyl (C=O) groups is 4. The van der Waals surface area contributed by atoms with Crippen molar-refractivity contribution in [3.05, 3.63) is 130 Å². The third-order valence-corrected chi connectivity index (χ3v) is 17.4. The van der Waals surface area contributed by atoms with Crippen molar-refractivity contribution in [2.45, 2.75) is 127 Å². The first kappa shape index (κ1) is 48.7. The molecule has 6 atom stereocenters. The number of rotatable bonds is 9. The molecule has 6 N–H and O–H groups in total. The highest BCUT2D eigenvalue weighted by atomic mass is 35.5. The van der Waals surface area contributed by atoms with Crippen molar-refractivity contribution < 1.29 is 33.1 Å². The molecule has 4 aliphatic carbocycles. The molecule has 11 nitrogen and oxygen atoms in total. The number of nitrogens with zero attached hydrogens (tertiary/aromatic N) is 2. The zero-order valence-corrected chi connectivity index (χ0v) is 41.4. The normalized spacial score (nSPS) is 27.4. The minimum absolute atomic E-state index is 0.0115. The molecule has 4 aliphatic heterocycles. The number of benzene rings is 4. The lowest BCUT2D eigenvalue weighted by Crippen LogP contribution is -2.65. The smallest absolute Gasteiger partial charge is 0.309 e. The van der Waals surface area contributed by atoms with Crippen molar-refractivity contribution in [3.63, 3.8) is 0 Å². The van der Waals surface area contributed by atoms with E-state index < -0.39 is 16.8 Å². The summed E-state index contributed by atoms with van der Waals surface area (Å²) in [5, 5.41) is 16.2. The molecule has 4 saturated carbocycles. The van der Waals surface area contributed by atoms with Crippen LogP contribution in [0.5, 0.6) is 0 Å². The van der Waals surface area contributed by atoms with Gasteiger partial charge in [-0.1, -0.05) is 49.2 Å². The summed E-state index contributed by atoms with van der Waals surface area (Å²) in [5.41, 5.74) is 9.53. The standard InChI is InChI=1S/C28H29ClFN3O2.C22H25ClN2O3.C6H6FN/c1-16(22-15-31-24-4-2-3-23(29)26(22)24)9-25(34)33-20-10-17-11-21(33)14-28(12-17,13-20)27(35)32-19-7-5-18(30)6-8-19;1-12(16-11-24-18-4-2-3-17(23)20(16)18)5-19(26)25-14-6-13-7-15(25)10-22(8-13,9-14)21(27)28;7-5-1-3-6(8)4-2-5/h2-8,15-17,20-21,31H,9-14H2,1H3,(H,32,35);2-4,11-15,24H,5-10H2,1H3,(H,27,28);1-4H,8H2. The van der Waals surface area contributed by atoms with E-state index >= 15 is 0 Å². The van der Waals surface area contributed by atoms with Gasteiger partial charge in [0.1, 0.15) is 11.6 Å². The SMILES string of the molecule is CC(CC(=O)N1C2CC3CC1CC(C(=O)Nc1ccc(F)cc1)(C3)C2)c1c[nH]c2cccc(Cl)c12.CC(CC(=O)N1C2CC3CC1CC(C(=O)O)(C3)C2)c1c[nH]c2cccc(Cl)c12.Nc1ccc(F)cc1. The fraction of sp³-hybridized carbons (Fsp3) is 0.429. The van der Waals surface area contributed by atoms with Crippen molar-refractivity contribution >= 4 is 80.1 Å². The fourth-order valence-electron chi connectivity index (χ4n) is 13.9. The van der Waals surface area contributed by atoms with E-state index in [2.05, 4.69) is 34.0 Å². The Labute approximate surface area is 421 Å². The van der Waals surface area contributed by atoms with Gasteiger partial charge in [0, 0.05) is 82.6 Å². The van der Waals surface area contributed by atoms with Crippen LogP contribution in [-0.4, -0.2) is 72.7 Å². The topological polar surface area (TPSA) is 165 Å². The number of fused-ring (bicyclic) bond motifs is 2. The molecule has 3 amide bonds. The number of nitrogen functional groups attached to an aromatic ring is 1. The molecule has 15 heteroatoms. The highest BCUT2D eigenvalue weighted by Gasteiger charge is 2.60. The van der Waals surface area contributed by atoms with Crippen LogP contribution in [0.4, 0.5) is 20.2 Å². The van der Waals surface area contributed by atoms with E-state index in [1.54, 1.807) is 12.1 Å². The van der Waals surface area contributed by atoms with Gasteiger partial charge in [0.2, 0.25) is 17.7 Å². The van der Waals surface area contributed by atoms with Crippen LogP contribution >= 0.6 is 23.2 Å². The number of carboxylic acids is 1. The number of aromatic nitrogens is 2. The van der Waals surface area contributed by atoms with Crippen LogP contribution in [0, 0.1) is 34.3 Å². The molecular formula is C56H60Cl2F2N6O5. The number of aliphatic carboxylic acids is 1. The molecule has 0 spiro atoms. The van der Waals surface area contributed by atoms with Crippen molar-refractivity contribution in [1.29, 1.82) is 0 Å². The first-order valence-corrected chi connectivity index (χ1v) is 25.7. The second-order valence-corrected chi connectivity index (χ2v) is 22.3. The van der Waals surface area contributed by atoms with E-state index in [4.69, 9.17) is 28.9 Å². The van der Waals surface area contributed by atoms with Crippen LogP contribution in [0.15, 0.2) is 97.3 Å². The number of H-pyrrole nitrogens is 2. The summed E-state index contributed by atoms with van der Waals surface area (Å²) in [5.74, 6) is 0.109. The van der Waals surface area contributed by atoms with Crippen LogP contribution in [-0.2, 0) is 19.2 Å². The predicted octanol–water partition coefficient (Wildman–Crippen LogP) is 12.2. The first-order valence-electron chi connectivity index (χ1n) is 24.9. The molecule has 2 aromatic heterocycles. The lowest BCUT2D eigenvalue weighted by atomic mass is 9.55. The summed E-state index contributed by atoms with van der Waals surface area (Å²) in [6.07, 6.45) is 13.0. The number of halogens is 4. The predicted molar refractivity (Wildman–Crippen MR) is 273 cm³/mol. The van der Waals surface area contributed by atoms with E-state index in [1.807, 2.05) is 53.7 Å². The zero-order chi connectivity index (χ0) is 49.9. The molecule has 8 fully saturated rings. The molecule has 6 aromatic rings. The van der Waals surface area contributed by atoms with E-state index in [9.17, 15) is 33.1 Å². The van der Waals surface area contributed by atoms with Gasteiger partial charge in [-0.05, 0) is 172 Å².